The molecule has 4 aromatic rings. The van der Waals surface area contributed by atoms with E-state index in [-0.39, 0.29) is 24.6 Å². The fourth-order valence-electron chi connectivity index (χ4n) is 3.76. The van der Waals surface area contributed by atoms with Crippen molar-refractivity contribution in [3.05, 3.63) is 95.0 Å². The van der Waals surface area contributed by atoms with Gasteiger partial charge in [-0.3, -0.25) is 19.5 Å². The van der Waals surface area contributed by atoms with Crippen LogP contribution in [0.2, 0.25) is 0 Å². The van der Waals surface area contributed by atoms with Gasteiger partial charge in [0.15, 0.2) is 0 Å². The molecule has 0 atom stereocenters. The predicted octanol–water partition coefficient (Wildman–Crippen LogP) is 3.87. The Hall–Kier alpha value is -3.84. The van der Waals surface area contributed by atoms with Gasteiger partial charge in [-0.25, -0.2) is 4.68 Å². The Kier molecular flexibility index (Phi) is 7.22. The number of nitrogens with zero attached hydrogens (tertiary/aromatic N) is 4. The van der Waals surface area contributed by atoms with Gasteiger partial charge in [0.1, 0.15) is 0 Å². The van der Waals surface area contributed by atoms with Gasteiger partial charge in [-0.2, -0.15) is 5.10 Å². The Morgan fingerprint density at radius 1 is 1.00 bits per heavy atom. The fraction of sp³-hybridized carbons (Fsp3) is 0.231. The van der Waals surface area contributed by atoms with E-state index < -0.39 is 0 Å². The molecule has 0 aliphatic carbocycles. The first-order chi connectivity index (χ1) is 16.2. The van der Waals surface area contributed by atoms with Gasteiger partial charge in [-0.1, -0.05) is 54.6 Å². The minimum Gasteiger partial charge on any atom is -0.466 e. The summed E-state index contributed by atoms with van der Waals surface area (Å²) in [5.41, 5.74) is 2.50. The second-order valence-electron chi connectivity index (χ2n) is 7.68. The van der Waals surface area contributed by atoms with Crippen LogP contribution in [0.15, 0.2) is 83.9 Å². The van der Waals surface area contributed by atoms with Crippen LogP contribution in [-0.4, -0.2) is 38.8 Å². The first-order valence-corrected chi connectivity index (χ1v) is 11.0. The van der Waals surface area contributed by atoms with Crippen LogP contribution in [0, 0.1) is 0 Å². The van der Waals surface area contributed by atoms with Crippen LogP contribution in [0.3, 0.4) is 0 Å². The summed E-state index contributed by atoms with van der Waals surface area (Å²) in [4.78, 5) is 31.5. The summed E-state index contributed by atoms with van der Waals surface area (Å²) >= 11 is 0. The summed E-state index contributed by atoms with van der Waals surface area (Å²) in [6.07, 6.45) is 3.72. The maximum atomic E-state index is 13.3. The summed E-state index contributed by atoms with van der Waals surface area (Å²) < 4.78 is 6.57. The van der Waals surface area contributed by atoms with Crippen LogP contribution in [-0.2, 0) is 22.7 Å². The smallest absolute Gasteiger partial charge is 0.307 e. The lowest BCUT2D eigenvalue weighted by atomic mass is 10.1. The maximum Gasteiger partial charge on any atom is 0.307 e. The molecule has 0 spiro atoms. The maximum absolute atomic E-state index is 13.3. The number of pyridine rings is 1. The molecular weight excluding hydrogens is 416 g/mol. The van der Waals surface area contributed by atoms with Crippen molar-refractivity contribution in [1.29, 1.82) is 0 Å². The second kappa shape index (κ2) is 10.7. The summed E-state index contributed by atoms with van der Waals surface area (Å²) in [7, 11) is 0. The van der Waals surface area contributed by atoms with E-state index in [0.29, 0.717) is 25.1 Å². The van der Waals surface area contributed by atoms with Crippen molar-refractivity contribution in [3.8, 4) is 11.3 Å². The molecule has 0 unspecified atom stereocenters. The van der Waals surface area contributed by atoms with Crippen molar-refractivity contribution in [3.63, 3.8) is 0 Å². The quantitative estimate of drug-likeness (QED) is 0.366. The highest BCUT2D eigenvalue weighted by atomic mass is 16.5. The molecule has 0 fully saturated rings. The SMILES string of the molecule is CCOC(=O)CCN(Cc1cccnc1)Cn1nc(-c2ccccc2)c2ccccc2c1=O. The predicted molar refractivity (Wildman–Crippen MR) is 127 cm³/mol. The van der Waals surface area contributed by atoms with Gasteiger partial charge < -0.3 is 4.74 Å². The standard InChI is InChI=1S/C26H26N4O3/c1-2-33-24(31)14-16-29(18-20-9-8-15-27-17-20)19-30-26(32)23-13-7-6-12-22(23)25(28-30)21-10-4-3-5-11-21/h3-13,15,17H,2,14,16,18-19H2,1H3. The number of esters is 1. The third-order valence-electron chi connectivity index (χ3n) is 5.32. The average Bonchev–Trinajstić information content (AvgIpc) is 2.85. The Balaban J connectivity index is 1.70. The van der Waals surface area contributed by atoms with Crippen molar-refractivity contribution in [2.24, 2.45) is 0 Å². The van der Waals surface area contributed by atoms with E-state index in [0.717, 1.165) is 22.2 Å². The average molecular weight is 443 g/mol. The van der Waals surface area contributed by atoms with Crippen LogP contribution in [0.4, 0.5) is 0 Å². The Morgan fingerprint density at radius 2 is 1.76 bits per heavy atom. The van der Waals surface area contributed by atoms with Crippen molar-refractivity contribution >= 4 is 16.7 Å². The van der Waals surface area contributed by atoms with E-state index >= 15 is 0 Å². The number of carbonyl (C=O) groups excluding carboxylic acids is 1. The molecule has 0 bridgehead atoms. The normalized spacial score (nSPS) is 11.1. The number of carbonyl (C=O) groups is 1. The molecule has 4 rings (SSSR count). The number of fused-ring (bicyclic) bond motifs is 1. The number of aromatic nitrogens is 3. The van der Waals surface area contributed by atoms with Gasteiger partial charge in [0.05, 0.1) is 30.8 Å². The minimum atomic E-state index is -0.266. The van der Waals surface area contributed by atoms with Gasteiger partial charge in [0.25, 0.3) is 5.56 Å². The molecule has 7 nitrogen and oxygen atoms in total. The van der Waals surface area contributed by atoms with Crippen LogP contribution in [0.5, 0.6) is 0 Å². The molecule has 0 saturated heterocycles. The van der Waals surface area contributed by atoms with E-state index in [9.17, 15) is 9.59 Å². The van der Waals surface area contributed by atoms with Gasteiger partial charge in [0, 0.05) is 36.4 Å². The molecule has 33 heavy (non-hydrogen) atoms. The molecule has 0 aliphatic rings. The fourth-order valence-corrected chi connectivity index (χ4v) is 3.76. The van der Waals surface area contributed by atoms with Crippen molar-refractivity contribution in [2.75, 3.05) is 13.2 Å². The lowest BCUT2D eigenvalue weighted by Gasteiger charge is -2.23. The Bertz CT molecular complexity index is 1270. The topological polar surface area (TPSA) is 77.3 Å². The molecule has 2 aromatic heterocycles. The lowest BCUT2D eigenvalue weighted by Crippen LogP contribution is -2.35. The van der Waals surface area contributed by atoms with E-state index in [4.69, 9.17) is 9.84 Å². The van der Waals surface area contributed by atoms with Crippen LogP contribution < -0.4 is 5.56 Å². The summed E-state index contributed by atoms with van der Waals surface area (Å²) in [6.45, 7) is 3.31. The minimum absolute atomic E-state index is 0.169. The number of benzene rings is 2. The molecule has 0 radical (unpaired) electrons. The van der Waals surface area contributed by atoms with Crippen LogP contribution >= 0.6 is 0 Å². The number of hydrogen-bond donors (Lipinski definition) is 0. The molecule has 0 aliphatic heterocycles. The summed E-state index contributed by atoms with van der Waals surface area (Å²) in [5.74, 6) is -0.266. The molecule has 0 saturated carbocycles. The molecular formula is C26H26N4O3. The third kappa shape index (κ3) is 5.51. The molecule has 7 heteroatoms. The zero-order valence-corrected chi connectivity index (χ0v) is 18.6. The highest BCUT2D eigenvalue weighted by Gasteiger charge is 2.16. The van der Waals surface area contributed by atoms with Gasteiger partial charge in [0.2, 0.25) is 0 Å². The Morgan fingerprint density at radius 3 is 2.48 bits per heavy atom. The molecule has 2 heterocycles. The Labute approximate surface area is 192 Å². The highest BCUT2D eigenvalue weighted by molar-refractivity contribution is 5.93. The zero-order valence-electron chi connectivity index (χ0n) is 18.6. The van der Waals surface area contributed by atoms with Gasteiger partial charge in [-0.05, 0) is 24.6 Å². The molecule has 2 aromatic carbocycles. The van der Waals surface area contributed by atoms with Crippen LogP contribution in [0.25, 0.3) is 22.0 Å². The lowest BCUT2D eigenvalue weighted by molar-refractivity contribution is -0.143. The first-order valence-electron chi connectivity index (χ1n) is 11.0. The van der Waals surface area contributed by atoms with Crippen molar-refractivity contribution in [2.45, 2.75) is 26.6 Å². The van der Waals surface area contributed by atoms with Gasteiger partial charge in [-0.15, -0.1) is 0 Å². The highest BCUT2D eigenvalue weighted by Crippen LogP contribution is 2.24. The van der Waals surface area contributed by atoms with E-state index in [2.05, 4.69) is 4.98 Å². The zero-order chi connectivity index (χ0) is 23.0. The third-order valence-corrected chi connectivity index (χ3v) is 5.32. The van der Waals surface area contributed by atoms with E-state index in [1.807, 2.05) is 71.6 Å². The summed E-state index contributed by atoms with van der Waals surface area (Å²) in [5, 5.41) is 6.17. The largest absolute Gasteiger partial charge is 0.466 e. The van der Waals surface area contributed by atoms with Gasteiger partial charge >= 0.3 is 5.97 Å². The molecule has 0 amide bonds. The molecule has 0 N–H and O–H groups in total. The number of hydrogen-bond acceptors (Lipinski definition) is 6. The van der Waals surface area contributed by atoms with Crippen molar-refractivity contribution in [1.82, 2.24) is 19.7 Å². The van der Waals surface area contributed by atoms with Crippen LogP contribution in [0.1, 0.15) is 18.9 Å². The number of ether oxygens (including phenoxy) is 1. The summed E-state index contributed by atoms with van der Waals surface area (Å²) in [6, 6.07) is 21.2. The number of rotatable bonds is 9. The first kappa shape index (κ1) is 22.4. The van der Waals surface area contributed by atoms with E-state index in [1.165, 1.54) is 4.68 Å². The van der Waals surface area contributed by atoms with E-state index in [1.54, 1.807) is 19.3 Å². The monoisotopic (exact) mass is 442 g/mol. The molecule has 168 valence electrons. The van der Waals surface area contributed by atoms with Crippen molar-refractivity contribution < 1.29 is 9.53 Å². The second-order valence-corrected chi connectivity index (χ2v) is 7.68.